The number of unbranched alkanes of at least 4 members (excludes halogenated alkanes) is 44. The molecular weight excluding hydrogens is 985 g/mol. The molecule has 0 bridgehead atoms. The first-order valence-electron chi connectivity index (χ1n) is 35.3. The van der Waals surface area contributed by atoms with E-state index in [9.17, 15) is 14.4 Å². The third-order valence-electron chi connectivity index (χ3n) is 15.7. The predicted octanol–water partition coefficient (Wildman–Crippen LogP) is 24.3. The quantitative estimate of drug-likeness (QED) is 0.0261. The second-order valence-electron chi connectivity index (χ2n) is 23.8. The minimum Gasteiger partial charge on any atom is -0.462 e. The maximum atomic E-state index is 12.9. The minimum absolute atomic E-state index is 0.0792. The highest BCUT2D eigenvalue weighted by Gasteiger charge is 2.19. The van der Waals surface area contributed by atoms with E-state index in [1.54, 1.807) is 0 Å². The van der Waals surface area contributed by atoms with Crippen LogP contribution in [0.25, 0.3) is 0 Å². The van der Waals surface area contributed by atoms with Gasteiger partial charge in [-0.25, -0.2) is 0 Å². The fraction of sp³-hybridized carbons (Fsp3) is 0.824. The van der Waals surface area contributed by atoms with Crippen LogP contribution in [0.15, 0.2) is 60.8 Å². The molecule has 0 amide bonds. The highest BCUT2D eigenvalue weighted by atomic mass is 16.6. The summed E-state index contributed by atoms with van der Waals surface area (Å²) < 4.78 is 17.0. The summed E-state index contributed by atoms with van der Waals surface area (Å²) in [6, 6.07) is 0. The number of ether oxygens (including phenoxy) is 3. The zero-order valence-electron chi connectivity index (χ0n) is 53.6. The average molecular weight is 1120 g/mol. The van der Waals surface area contributed by atoms with Crippen LogP contribution in [-0.4, -0.2) is 37.2 Å². The van der Waals surface area contributed by atoms with Crippen LogP contribution in [0.3, 0.4) is 0 Å². The molecule has 0 heterocycles. The first kappa shape index (κ1) is 77.1. The summed E-state index contributed by atoms with van der Waals surface area (Å²) >= 11 is 0. The number of allylic oxidation sites excluding steroid dienone is 10. The molecule has 0 spiro atoms. The van der Waals surface area contributed by atoms with E-state index in [1.165, 1.54) is 244 Å². The van der Waals surface area contributed by atoms with Gasteiger partial charge in [0.15, 0.2) is 6.10 Å². The molecule has 1 atom stereocenters. The molecule has 0 aromatic carbocycles. The zero-order chi connectivity index (χ0) is 57.8. The molecule has 466 valence electrons. The topological polar surface area (TPSA) is 78.9 Å². The molecule has 6 heteroatoms. The van der Waals surface area contributed by atoms with Gasteiger partial charge in [0.1, 0.15) is 13.2 Å². The Morgan fingerprint density at radius 1 is 0.250 bits per heavy atom. The van der Waals surface area contributed by atoms with Crippen LogP contribution in [0.4, 0.5) is 0 Å². The fourth-order valence-electron chi connectivity index (χ4n) is 10.4. The molecule has 0 rings (SSSR count). The van der Waals surface area contributed by atoms with Crippen LogP contribution < -0.4 is 0 Å². The van der Waals surface area contributed by atoms with Crippen LogP contribution in [0, 0.1) is 0 Å². The second-order valence-corrected chi connectivity index (χ2v) is 23.8. The normalized spacial score (nSPS) is 12.4. The lowest BCUT2D eigenvalue weighted by molar-refractivity contribution is -0.167. The van der Waals surface area contributed by atoms with Gasteiger partial charge in [0.05, 0.1) is 0 Å². The molecule has 0 aromatic rings. The lowest BCUT2D eigenvalue weighted by Crippen LogP contribution is -2.30. The summed E-state index contributed by atoms with van der Waals surface area (Å²) in [5.74, 6) is -0.880. The van der Waals surface area contributed by atoms with E-state index < -0.39 is 6.10 Å². The molecule has 0 N–H and O–H groups in total. The molecular formula is C74H134O6. The van der Waals surface area contributed by atoms with E-state index in [0.29, 0.717) is 19.3 Å². The average Bonchev–Trinajstić information content (AvgIpc) is 3.46. The summed E-state index contributed by atoms with van der Waals surface area (Å²) in [5.41, 5.74) is 0. The van der Waals surface area contributed by atoms with Gasteiger partial charge in [0.2, 0.25) is 0 Å². The summed E-state index contributed by atoms with van der Waals surface area (Å²) in [4.78, 5) is 38.4. The first-order valence-corrected chi connectivity index (χ1v) is 35.3. The van der Waals surface area contributed by atoms with E-state index in [4.69, 9.17) is 14.2 Å². The van der Waals surface area contributed by atoms with Crippen molar-refractivity contribution in [3.05, 3.63) is 60.8 Å². The third-order valence-corrected chi connectivity index (χ3v) is 15.7. The lowest BCUT2D eigenvalue weighted by Gasteiger charge is -2.18. The highest BCUT2D eigenvalue weighted by molar-refractivity contribution is 5.71. The molecule has 0 saturated carbocycles. The van der Waals surface area contributed by atoms with Gasteiger partial charge >= 0.3 is 17.9 Å². The van der Waals surface area contributed by atoms with Gasteiger partial charge in [-0.3, -0.25) is 14.4 Å². The SMILES string of the molecule is CCCCC/C=C\C/C=C\C/C=C\CCCCCCCCC(=O)OC(COC(=O)CCCCCCC/C=C\CCCCCCC)COC(=O)CCCCCCCCCCCCCCCCCCC/C=C\CCCCCCCCCC. The Balaban J connectivity index is 4.24. The van der Waals surface area contributed by atoms with Crippen LogP contribution in [0.1, 0.15) is 374 Å². The predicted molar refractivity (Wildman–Crippen MR) is 348 cm³/mol. The first-order chi connectivity index (χ1) is 39.5. The van der Waals surface area contributed by atoms with Gasteiger partial charge in [-0.05, 0) is 109 Å². The van der Waals surface area contributed by atoms with Gasteiger partial charge in [-0.1, -0.05) is 306 Å². The number of carbonyl (C=O) groups excluding carboxylic acids is 3. The van der Waals surface area contributed by atoms with E-state index in [2.05, 4.69) is 81.5 Å². The fourth-order valence-corrected chi connectivity index (χ4v) is 10.4. The molecule has 1 unspecified atom stereocenters. The van der Waals surface area contributed by atoms with Gasteiger partial charge < -0.3 is 14.2 Å². The minimum atomic E-state index is -0.785. The van der Waals surface area contributed by atoms with Crippen molar-refractivity contribution in [2.75, 3.05) is 13.2 Å². The Kier molecular flexibility index (Phi) is 66.1. The molecule has 0 aliphatic rings. The molecule has 0 radical (unpaired) electrons. The van der Waals surface area contributed by atoms with Crippen LogP contribution in [0.2, 0.25) is 0 Å². The standard InChI is InChI=1S/C74H134O6/c1-4-7-10-13-16-19-22-25-28-30-32-33-34-35-36-37-38-39-40-41-43-44-46-49-52-55-58-61-64-67-73(76)79-70-71(69-78-72(75)66-63-60-57-54-51-48-27-24-21-18-15-12-9-6-3)80-74(77)68-65-62-59-56-53-50-47-45-42-31-29-26-23-20-17-14-11-8-5-2/h17,20,24,26-27,29-30,32,42,45,71H,4-16,18-19,21-23,25,28,31,33-41,43-44,46-70H2,1-3H3/b20-17-,27-24-,29-26-,32-30-,45-42-. The Hall–Kier alpha value is -2.89. The molecule has 0 aromatic heterocycles. The number of esters is 3. The molecule has 0 aliphatic carbocycles. The van der Waals surface area contributed by atoms with E-state index >= 15 is 0 Å². The summed E-state index contributed by atoms with van der Waals surface area (Å²) in [6.45, 7) is 6.64. The van der Waals surface area contributed by atoms with Crippen LogP contribution >= 0.6 is 0 Å². The maximum absolute atomic E-state index is 12.9. The van der Waals surface area contributed by atoms with Crippen LogP contribution in [-0.2, 0) is 28.6 Å². The number of hydrogen-bond acceptors (Lipinski definition) is 6. The van der Waals surface area contributed by atoms with Crippen molar-refractivity contribution >= 4 is 17.9 Å². The van der Waals surface area contributed by atoms with Gasteiger partial charge in [0, 0.05) is 19.3 Å². The second kappa shape index (κ2) is 68.6. The molecule has 80 heavy (non-hydrogen) atoms. The van der Waals surface area contributed by atoms with Gasteiger partial charge in [0.25, 0.3) is 0 Å². The monoisotopic (exact) mass is 1120 g/mol. The summed E-state index contributed by atoms with van der Waals surface area (Å²) in [7, 11) is 0. The number of hydrogen-bond donors (Lipinski definition) is 0. The van der Waals surface area contributed by atoms with Crippen molar-refractivity contribution in [2.24, 2.45) is 0 Å². The Labute approximate surface area is 498 Å². The highest BCUT2D eigenvalue weighted by Crippen LogP contribution is 2.18. The zero-order valence-corrected chi connectivity index (χ0v) is 53.6. The van der Waals surface area contributed by atoms with Crippen molar-refractivity contribution < 1.29 is 28.6 Å². The smallest absolute Gasteiger partial charge is 0.306 e. The Bertz CT molecular complexity index is 1430. The van der Waals surface area contributed by atoms with Crippen molar-refractivity contribution in [3.63, 3.8) is 0 Å². The van der Waals surface area contributed by atoms with E-state index in [1.807, 2.05) is 0 Å². The van der Waals surface area contributed by atoms with Crippen molar-refractivity contribution in [1.82, 2.24) is 0 Å². The lowest BCUT2D eigenvalue weighted by atomic mass is 10.0. The number of rotatable bonds is 65. The summed E-state index contributed by atoms with van der Waals surface area (Å²) in [5, 5.41) is 0. The van der Waals surface area contributed by atoms with Crippen LogP contribution in [0.5, 0.6) is 0 Å². The van der Waals surface area contributed by atoms with E-state index in [0.717, 1.165) is 89.9 Å². The van der Waals surface area contributed by atoms with Gasteiger partial charge in [-0.2, -0.15) is 0 Å². The molecule has 6 nitrogen and oxygen atoms in total. The Morgan fingerprint density at radius 3 is 0.738 bits per heavy atom. The maximum Gasteiger partial charge on any atom is 0.306 e. The van der Waals surface area contributed by atoms with E-state index in [-0.39, 0.29) is 31.1 Å². The van der Waals surface area contributed by atoms with Crippen molar-refractivity contribution in [1.29, 1.82) is 0 Å². The Morgan fingerprint density at radius 2 is 0.450 bits per heavy atom. The van der Waals surface area contributed by atoms with Crippen molar-refractivity contribution in [2.45, 2.75) is 380 Å². The number of carbonyl (C=O) groups is 3. The molecule has 0 fully saturated rings. The van der Waals surface area contributed by atoms with Crippen molar-refractivity contribution in [3.8, 4) is 0 Å². The summed E-state index contributed by atoms with van der Waals surface area (Å²) in [6.07, 6.45) is 88.2. The molecule has 0 aliphatic heterocycles. The largest absolute Gasteiger partial charge is 0.462 e. The molecule has 0 saturated heterocycles. The third kappa shape index (κ3) is 65.9. The van der Waals surface area contributed by atoms with Gasteiger partial charge in [-0.15, -0.1) is 0 Å².